The number of aromatic carboxylic acids is 1. The number of hydrogen-bond acceptors (Lipinski definition) is 4. The topological polar surface area (TPSA) is 89.5 Å². The number of carboxylic acid groups (broad SMARTS) is 1. The van der Waals surface area contributed by atoms with Gasteiger partial charge in [-0.1, -0.05) is 30.3 Å². The molecule has 0 spiro atoms. The van der Waals surface area contributed by atoms with Crippen LogP contribution in [-0.2, 0) is 6.54 Å². The molecule has 0 saturated carbocycles. The summed E-state index contributed by atoms with van der Waals surface area (Å²) in [5.74, 6) is -0.994. The lowest BCUT2D eigenvalue weighted by molar-refractivity contribution is 0.0695. The van der Waals surface area contributed by atoms with Gasteiger partial charge in [-0.3, -0.25) is 9.59 Å². The molecule has 27 heavy (non-hydrogen) atoms. The summed E-state index contributed by atoms with van der Waals surface area (Å²) in [6.45, 7) is 2.31. The molecule has 4 aromatic rings. The van der Waals surface area contributed by atoms with Gasteiger partial charge >= 0.3 is 5.97 Å². The monoisotopic (exact) mass is 361 g/mol. The van der Waals surface area contributed by atoms with Crippen LogP contribution in [0.15, 0.2) is 68.7 Å². The molecule has 134 valence electrons. The number of benzene rings is 2. The van der Waals surface area contributed by atoms with E-state index in [2.05, 4.69) is 0 Å². The molecular formula is C21H15NO5. The Morgan fingerprint density at radius 1 is 1.11 bits per heavy atom. The maximum atomic E-state index is 12.9. The van der Waals surface area contributed by atoms with Crippen molar-refractivity contribution in [3.05, 3.63) is 80.7 Å². The summed E-state index contributed by atoms with van der Waals surface area (Å²) in [7, 11) is 0. The molecule has 2 aromatic heterocycles. The predicted octanol–water partition coefficient (Wildman–Crippen LogP) is 3.49. The first-order valence-corrected chi connectivity index (χ1v) is 8.44. The minimum Gasteiger partial charge on any atom is -0.477 e. The van der Waals surface area contributed by atoms with Gasteiger partial charge in [-0.05, 0) is 19.1 Å². The Kier molecular flexibility index (Phi) is 3.88. The van der Waals surface area contributed by atoms with Crippen molar-refractivity contribution in [3.8, 4) is 11.3 Å². The molecule has 0 aliphatic heterocycles. The lowest BCUT2D eigenvalue weighted by Crippen LogP contribution is -2.19. The van der Waals surface area contributed by atoms with Gasteiger partial charge in [0.1, 0.15) is 11.3 Å². The average Bonchev–Trinajstić information content (AvgIpc) is 2.68. The van der Waals surface area contributed by atoms with Crippen molar-refractivity contribution in [2.24, 2.45) is 0 Å². The highest BCUT2D eigenvalue weighted by molar-refractivity contribution is 6.05. The molecule has 1 N–H and O–H groups in total. The van der Waals surface area contributed by atoms with Gasteiger partial charge in [-0.15, -0.1) is 0 Å². The van der Waals surface area contributed by atoms with E-state index < -0.39 is 11.4 Å². The largest absolute Gasteiger partial charge is 0.477 e. The first-order valence-electron chi connectivity index (χ1n) is 8.44. The van der Waals surface area contributed by atoms with Crippen molar-refractivity contribution in [2.75, 3.05) is 0 Å². The quantitative estimate of drug-likeness (QED) is 0.564. The Morgan fingerprint density at radius 2 is 1.85 bits per heavy atom. The number of rotatable bonds is 3. The zero-order valence-corrected chi connectivity index (χ0v) is 14.4. The fourth-order valence-corrected chi connectivity index (χ4v) is 3.24. The number of pyridine rings is 1. The van der Waals surface area contributed by atoms with Crippen LogP contribution in [0.4, 0.5) is 0 Å². The summed E-state index contributed by atoms with van der Waals surface area (Å²) < 4.78 is 7.61. The molecule has 0 aliphatic rings. The number of carbonyl (C=O) groups is 1. The zero-order chi connectivity index (χ0) is 19.1. The lowest BCUT2D eigenvalue weighted by atomic mass is 10.1. The third-order valence-corrected chi connectivity index (χ3v) is 4.57. The van der Waals surface area contributed by atoms with Crippen LogP contribution in [0.2, 0.25) is 0 Å². The number of nitrogens with zero attached hydrogens (tertiary/aromatic N) is 1. The number of fused-ring (bicyclic) bond motifs is 3. The summed E-state index contributed by atoms with van der Waals surface area (Å²) in [4.78, 5) is 37.0. The lowest BCUT2D eigenvalue weighted by Gasteiger charge is -2.12. The molecule has 0 saturated heterocycles. The summed E-state index contributed by atoms with van der Waals surface area (Å²) in [6, 6.07) is 13.7. The molecule has 0 atom stereocenters. The maximum absolute atomic E-state index is 12.9. The number of aromatic nitrogens is 1. The number of hydrogen-bond donors (Lipinski definition) is 1. The minimum absolute atomic E-state index is 0.101. The third-order valence-electron chi connectivity index (χ3n) is 4.57. The summed E-state index contributed by atoms with van der Waals surface area (Å²) in [5, 5.41) is 9.74. The summed E-state index contributed by atoms with van der Waals surface area (Å²) in [5.41, 5.74) is 0.00665. The van der Waals surface area contributed by atoms with E-state index in [1.54, 1.807) is 28.8 Å². The highest BCUT2D eigenvalue weighted by atomic mass is 16.4. The van der Waals surface area contributed by atoms with Gasteiger partial charge in [-0.2, -0.15) is 0 Å². The Hall–Kier alpha value is -3.67. The van der Waals surface area contributed by atoms with Gasteiger partial charge in [0, 0.05) is 24.4 Å². The highest BCUT2D eigenvalue weighted by Gasteiger charge is 2.19. The number of carboxylic acids is 1. The second-order valence-corrected chi connectivity index (χ2v) is 6.14. The molecule has 0 unspecified atom stereocenters. The second kappa shape index (κ2) is 6.25. The van der Waals surface area contributed by atoms with Gasteiger partial charge in [0.05, 0.1) is 16.3 Å². The van der Waals surface area contributed by atoms with E-state index >= 15 is 0 Å². The van der Waals surface area contributed by atoms with Crippen molar-refractivity contribution in [2.45, 2.75) is 13.5 Å². The van der Waals surface area contributed by atoms with E-state index in [-0.39, 0.29) is 27.3 Å². The SMILES string of the molecule is CCn1cc(C(=O)O)c(=O)c2c3oc(-c4ccccc4)cc(=O)c3ccc21. The Morgan fingerprint density at radius 3 is 2.52 bits per heavy atom. The molecule has 2 heterocycles. The normalized spacial score (nSPS) is 11.1. The fourth-order valence-electron chi connectivity index (χ4n) is 3.24. The number of aryl methyl sites for hydroxylation is 1. The first-order chi connectivity index (χ1) is 13.0. The van der Waals surface area contributed by atoms with Crippen LogP contribution in [0, 0.1) is 0 Å². The van der Waals surface area contributed by atoms with E-state index in [1.165, 1.54) is 12.3 Å². The molecule has 0 bridgehead atoms. The molecular weight excluding hydrogens is 346 g/mol. The molecule has 6 heteroatoms. The molecule has 2 aromatic carbocycles. The van der Waals surface area contributed by atoms with E-state index in [9.17, 15) is 19.5 Å². The molecule has 0 fully saturated rings. The summed E-state index contributed by atoms with van der Waals surface area (Å²) in [6.07, 6.45) is 1.32. The maximum Gasteiger partial charge on any atom is 0.341 e. The van der Waals surface area contributed by atoms with Crippen molar-refractivity contribution >= 4 is 27.8 Å². The van der Waals surface area contributed by atoms with E-state index in [1.807, 2.05) is 25.1 Å². The zero-order valence-electron chi connectivity index (χ0n) is 14.4. The van der Waals surface area contributed by atoms with E-state index in [4.69, 9.17) is 4.42 Å². The average molecular weight is 361 g/mol. The Bertz CT molecular complexity index is 1320. The van der Waals surface area contributed by atoms with Crippen LogP contribution < -0.4 is 10.9 Å². The minimum atomic E-state index is -1.32. The standard InChI is InChI=1S/C21H15NO5/c1-2-22-11-14(21(25)26)19(24)18-15(22)9-8-13-16(23)10-17(27-20(13)18)12-6-4-3-5-7-12/h3-11H,2H2,1H3,(H,25,26). The molecule has 0 aliphatic carbocycles. The van der Waals surface area contributed by atoms with Gasteiger partial charge in [-0.25, -0.2) is 4.79 Å². The molecule has 0 radical (unpaired) electrons. The van der Waals surface area contributed by atoms with Crippen molar-refractivity contribution in [1.29, 1.82) is 0 Å². The summed E-state index contributed by atoms with van der Waals surface area (Å²) >= 11 is 0. The van der Waals surface area contributed by atoms with Crippen LogP contribution in [-0.4, -0.2) is 15.6 Å². The van der Waals surface area contributed by atoms with Gasteiger partial charge in [0.15, 0.2) is 11.0 Å². The van der Waals surface area contributed by atoms with E-state index in [0.29, 0.717) is 23.4 Å². The smallest absolute Gasteiger partial charge is 0.341 e. The third kappa shape index (κ3) is 2.62. The fraction of sp³-hybridized carbons (Fsp3) is 0.0952. The Balaban J connectivity index is 2.21. The van der Waals surface area contributed by atoms with Gasteiger partial charge < -0.3 is 14.1 Å². The van der Waals surface area contributed by atoms with Crippen LogP contribution >= 0.6 is 0 Å². The van der Waals surface area contributed by atoms with Crippen molar-refractivity contribution < 1.29 is 14.3 Å². The van der Waals surface area contributed by atoms with Gasteiger partial charge in [0.25, 0.3) is 0 Å². The molecule has 6 nitrogen and oxygen atoms in total. The highest BCUT2D eigenvalue weighted by Crippen LogP contribution is 2.26. The van der Waals surface area contributed by atoms with Crippen LogP contribution in [0.3, 0.4) is 0 Å². The second-order valence-electron chi connectivity index (χ2n) is 6.14. The Labute approximate surface area is 152 Å². The molecule has 4 rings (SSSR count). The molecule has 0 amide bonds. The predicted molar refractivity (Wildman–Crippen MR) is 102 cm³/mol. The van der Waals surface area contributed by atoms with E-state index in [0.717, 1.165) is 0 Å². The van der Waals surface area contributed by atoms with Crippen LogP contribution in [0.25, 0.3) is 33.2 Å². The van der Waals surface area contributed by atoms with Gasteiger partial charge in [0.2, 0.25) is 5.43 Å². The van der Waals surface area contributed by atoms with Crippen LogP contribution in [0.5, 0.6) is 0 Å². The van der Waals surface area contributed by atoms with Crippen molar-refractivity contribution in [1.82, 2.24) is 4.57 Å². The van der Waals surface area contributed by atoms with Crippen LogP contribution in [0.1, 0.15) is 17.3 Å². The first kappa shape index (κ1) is 16.8. The van der Waals surface area contributed by atoms with Crippen molar-refractivity contribution in [3.63, 3.8) is 0 Å².